The molecule has 3 nitrogen and oxygen atoms in total. The molecule has 0 spiro atoms. The number of aromatic nitrogens is 1. The first kappa shape index (κ1) is 13.0. The van der Waals surface area contributed by atoms with Gasteiger partial charge in [0.1, 0.15) is 0 Å². The van der Waals surface area contributed by atoms with Crippen molar-refractivity contribution >= 4 is 0 Å². The van der Waals surface area contributed by atoms with Crippen LogP contribution in [0.15, 0.2) is 18.3 Å². The average molecular weight is 222 g/mol. The standard InChI is InChI=1S/C13H22N2O/c1-5-10(3)16-13-9-12(7-8-15-13)11(4)14-6-2/h7-11,14H,5-6H2,1-4H3. The molecule has 2 atom stereocenters. The van der Waals surface area contributed by atoms with Gasteiger partial charge in [-0.2, -0.15) is 0 Å². The summed E-state index contributed by atoms with van der Waals surface area (Å²) in [4.78, 5) is 4.22. The van der Waals surface area contributed by atoms with Crippen LogP contribution in [0.25, 0.3) is 0 Å². The zero-order valence-corrected chi connectivity index (χ0v) is 10.7. The molecule has 1 rings (SSSR count). The number of hydrogen-bond acceptors (Lipinski definition) is 3. The molecule has 0 radical (unpaired) electrons. The van der Waals surface area contributed by atoms with E-state index in [-0.39, 0.29) is 6.10 Å². The normalized spacial score (nSPS) is 14.5. The van der Waals surface area contributed by atoms with E-state index in [1.807, 2.05) is 12.1 Å². The highest BCUT2D eigenvalue weighted by molar-refractivity contribution is 5.23. The smallest absolute Gasteiger partial charge is 0.213 e. The van der Waals surface area contributed by atoms with Crippen LogP contribution < -0.4 is 10.1 Å². The lowest BCUT2D eigenvalue weighted by atomic mass is 10.1. The zero-order chi connectivity index (χ0) is 12.0. The van der Waals surface area contributed by atoms with Gasteiger partial charge in [0, 0.05) is 18.3 Å². The van der Waals surface area contributed by atoms with Crippen molar-refractivity contribution in [1.29, 1.82) is 0 Å². The molecule has 16 heavy (non-hydrogen) atoms. The van der Waals surface area contributed by atoms with E-state index in [1.54, 1.807) is 6.20 Å². The van der Waals surface area contributed by atoms with Gasteiger partial charge >= 0.3 is 0 Å². The average Bonchev–Trinajstić information content (AvgIpc) is 2.29. The molecule has 0 aliphatic heterocycles. The summed E-state index contributed by atoms with van der Waals surface area (Å²) >= 11 is 0. The third-order valence-corrected chi connectivity index (χ3v) is 2.67. The fraction of sp³-hybridized carbons (Fsp3) is 0.615. The van der Waals surface area contributed by atoms with Gasteiger partial charge in [0.2, 0.25) is 5.88 Å². The molecular weight excluding hydrogens is 200 g/mol. The van der Waals surface area contributed by atoms with Crippen LogP contribution >= 0.6 is 0 Å². The fourth-order valence-corrected chi connectivity index (χ4v) is 1.47. The number of ether oxygens (including phenoxy) is 1. The van der Waals surface area contributed by atoms with Gasteiger partial charge in [0.15, 0.2) is 0 Å². The molecule has 0 aliphatic rings. The molecule has 0 amide bonds. The SMILES string of the molecule is CCNC(C)c1ccnc(OC(C)CC)c1. The predicted octanol–water partition coefficient (Wildman–Crippen LogP) is 2.93. The van der Waals surface area contributed by atoms with E-state index in [1.165, 1.54) is 5.56 Å². The molecule has 2 unspecified atom stereocenters. The molecule has 0 bridgehead atoms. The monoisotopic (exact) mass is 222 g/mol. The molecule has 90 valence electrons. The van der Waals surface area contributed by atoms with Crippen LogP contribution in [-0.4, -0.2) is 17.6 Å². The Kier molecular flexibility index (Phi) is 5.26. The Hall–Kier alpha value is -1.09. The Labute approximate surface area is 98.2 Å². The second-order valence-corrected chi connectivity index (χ2v) is 4.04. The van der Waals surface area contributed by atoms with E-state index in [0.717, 1.165) is 18.8 Å². The first-order valence-electron chi connectivity index (χ1n) is 6.03. The van der Waals surface area contributed by atoms with Crippen molar-refractivity contribution in [2.75, 3.05) is 6.54 Å². The quantitative estimate of drug-likeness (QED) is 0.803. The molecule has 3 heteroatoms. The van der Waals surface area contributed by atoms with Crippen LogP contribution in [0.5, 0.6) is 5.88 Å². The largest absolute Gasteiger partial charge is 0.475 e. The Morgan fingerprint density at radius 1 is 1.38 bits per heavy atom. The summed E-state index contributed by atoms with van der Waals surface area (Å²) in [5.41, 5.74) is 1.22. The van der Waals surface area contributed by atoms with Crippen LogP contribution in [-0.2, 0) is 0 Å². The van der Waals surface area contributed by atoms with Crippen molar-refractivity contribution in [2.45, 2.75) is 46.3 Å². The molecule has 0 saturated carbocycles. The highest BCUT2D eigenvalue weighted by atomic mass is 16.5. The van der Waals surface area contributed by atoms with Crippen molar-refractivity contribution in [1.82, 2.24) is 10.3 Å². The lowest BCUT2D eigenvalue weighted by molar-refractivity contribution is 0.208. The summed E-state index contributed by atoms with van der Waals surface area (Å²) in [6.07, 6.45) is 3.02. The summed E-state index contributed by atoms with van der Waals surface area (Å²) in [5, 5.41) is 3.37. The molecule has 0 saturated heterocycles. The minimum absolute atomic E-state index is 0.220. The first-order valence-corrected chi connectivity index (χ1v) is 6.03. The number of hydrogen-bond donors (Lipinski definition) is 1. The van der Waals surface area contributed by atoms with Crippen molar-refractivity contribution in [2.24, 2.45) is 0 Å². The van der Waals surface area contributed by atoms with Gasteiger partial charge in [-0.15, -0.1) is 0 Å². The van der Waals surface area contributed by atoms with Gasteiger partial charge < -0.3 is 10.1 Å². The second kappa shape index (κ2) is 6.48. The Morgan fingerprint density at radius 2 is 2.12 bits per heavy atom. The molecule has 0 aliphatic carbocycles. The minimum Gasteiger partial charge on any atom is -0.475 e. The van der Waals surface area contributed by atoms with Crippen molar-refractivity contribution in [3.63, 3.8) is 0 Å². The van der Waals surface area contributed by atoms with E-state index in [2.05, 4.69) is 38.0 Å². The Balaban J connectivity index is 2.70. The number of nitrogens with zero attached hydrogens (tertiary/aromatic N) is 1. The van der Waals surface area contributed by atoms with E-state index in [9.17, 15) is 0 Å². The maximum absolute atomic E-state index is 5.69. The van der Waals surface area contributed by atoms with Crippen molar-refractivity contribution < 1.29 is 4.74 Å². The summed E-state index contributed by atoms with van der Waals surface area (Å²) < 4.78 is 5.69. The van der Waals surface area contributed by atoms with Gasteiger partial charge in [-0.05, 0) is 38.4 Å². The van der Waals surface area contributed by atoms with Crippen LogP contribution in [0.1, 0.15) is 45.7 Å². The maximum Gasteiger partial charge on any atom is 0.213 e. The number of nitrogens with one attached hydrogen (secondary N) is 1. The van der Waals surface area contributed by atoms with E-state index in [4.69, 9.17) is 4.74 Å². The van der Waals surface area contributed by atoms with Crippen molar-refractivity contribution in [3.05, 3.63) is 23.9 Å². The van der Waals surface area contributed by atoms with Gasteiger partial charge in [-0.25, -0.2) is 4.98 Å². The van der Waals surface area contributed by atoms with Crippen LogP contribution in [0.4, 0.5) is 0 Å². The third-order valence-electron chi connectivity index (χ3n) is 2.67. The summed E-state index contributed by atoms with van der Waals surface area (Å²) in [6.45, 7) is 9.38. The molecule has 1 aromatic rings. The molecule has 1 aromatic heterocycles. The van der Waals surface area contributed by atoms with E-state index < -0.39 is 0 Å². The molecule has 0 fully saturated rings. The van der Waals surface area contributed by atoms with Crippen LogP contribution in [0.3, 0.4) is 0 Å². The predicted molar refractivity (Wildman–Crippen MR) is 66.7 cm³/mol. The van der Waals surface area contributed by atoms with Crippen LogP contribution in [0, 0.1) is 0 Å². The number of pyridine rings is 1. The molecular formula is C13H22N2O. The van der Waals surface area contributed by atoms with Gasteiger partial charge in [0.05, 0.1) is 6.10 Å². The Morgan fingerprint density at radius 3 is 2.75 bits per heavy atom. The van der Waals surface area contributed by atoms with Gasteiger partial charge in [-0.1, -0.05) is 13.8 Å². The first-order chi connectivity index (χ1) is 7.67. The van der Waals surface area contributed by atoms with Crippen LogP contribution in [0.2, 0.25) is 0 Å². The number of rotatable bonds is 6. The third kappa shape index (κ3) is 3.81. The fourth-order valence-electron chi connectivity index (χ4n) is 1.47. The van der Waals surface area contributed by atoms with Gasteiger partial charge in [0.25, 0.3) is 0 Å². The topological polar surface area (TPSA) is 34.2 Å². The highest BCUT2D eigenvalue weighted by Gasteiger charge is 2.07. The lowest BCUT2D eigenvalue weighted by Gasteiger charge is -2.15. The van der Waals surface area contributed by atoms with E-state index in [0.29, 0.717) is 6.04 Å². The summed E-state index contributed by atoms with van der Waals surface area (Å²) in [5.74, 6) is 0.719. The molecule has 0 aromatic carbocycles. The second-order valence-electron chi connectivity index (χ2n) is 4.04. The lowest BCUT2D eigenvalue weighted by Crippen LogP contribution is -2.18. The van der Waals surface area contributed by atoms with Gasteiger partial charge in [-0.3, -0.25) is 0 Å². The minimum atomic E-state index is 0.220. The molecule has 1 heterocycles. The zero-order valence-electron chi connectivity index (χ0n) is 10.7. The summed E-state index contributed by atoms with van der Waals surface area (Å²) in [7, 11) is 0. The maximum atomic E-state index is 5.69. The Bertz CT molecular complexity index is 315. The highest BCUT2D eigenvalue weighted by Crippen LogP contribution is 2.17. The van der Waals surface area contributed by atoms with Crippen molar-refractivity contribution in [3.8, 4) is 5.88 Å². The molecule has 1 N–H and O–H groups in total. The summed E-state index contributed by atoms with van der Waals surface area (Å²) in [6, 6.07) is 4.38. The van der Waals surface area contributed by atoms with E-state index >= 15 is 0 Å².